The Bertz CT molecular complexity index is 750. The van der Waals surface area contributed by atoms with Crippen LogP contribution in [0.15, 0.2) is 48.7 Å². The van der Waals surface area contributed by atoms with E-state index in [1.54, 1.807) is 0 Å². The molecule has 1 aliphatic heterocycles. The third kappa shape index (κ3) is 9.59. The van der Waals surface area contributed by atoms with Gasteiger partial charge in [-0.15, -0.1) is 0 Å². The molecule has 6 nitrogen and oxygen atoms in total. The number of rotatable bonds is 6. The Kier molecular flexibility index (Phi) is 10.5. The van der Waals surface area contributed by atoms with E-state index in [1.165, 1.54) is 36.8 Å². The van der Waals surface area contributed by atoms with Crippen molar-refractivity contribution in [2.24, 2.45) is 0 Å². The lowest BCUT2D eigenvalue weighted by atomic mass is 10.1. The summed E-state index contributed by atoms with van der Waals surface area (Å²) in [6, 6.07) is 14.7. The zero-order chi connectivity index (χ0) is 21.6. The summed E-state index contributed by atoms with van der Waals surface area (Å²) in [5, 5.41) is 10.1. The molecule has 0 aliphatic carbocycles. The molecule has 0 spiro atoms. The number of nitrogens with one attached hydrogen (secondary N) is 3. The molecule has 2 aromatic rings. The number of pyridine rings is 1. The van der Waals surface area contributed by atoms with Crippen LogP contribution in [0.5, 0.6) is 0 Å². The molecule has 1 amide bonds. The highest BCUT2D eigenvalue weighted by atomic mass is 16.2. The summed E-state index contributed by atoms with van der Waals surface area (Å²) in [6.07, 6.45) is 7.87. The highest BCUT2D eigenvalue weighted by molar-refractivity contribution is 5.77. The van der Waals surface area contributed by atoms with Crippen LogP contribution in [0.3, 0.4) is 0 Å². The second-order valence-electron chi connectivity index (χ2n) is 8.32. The van der Waals surface area contributed by atoms with Crippen LogP contribution in [0, 0.1) is 0 Å². The predicted octanol–water partition coefficient (Wildman–Crippen LogP) is 2.84. The van der Waals surface area contributed by atoms with Crippen LogP contribution in [-0.4, -0.2) is 48.5 Å². The minimum atomic E-state index is 0.132. The zero-order valence-electron chi connectivity index (χ0n) is 18.6. The second kappa shape index (κ2) is 13.9. The van der Waals surface area contributed by atoms with Crippen LogP contribution in [0.2, 0.25) is 0 Å². The Labute approximate surface area is 186 Å². The van der Waals surface area contributed by atoms with Crippen LogP contribution in [0.4, 0.5) is 0 Å². The first-order valence-electron chi connectivity index (χ1n) is 11.7. The van der Waals surface area contributed by atoms with Gasteiger partial charge in [-0.05, 0) is 42.6 Å². The topological polar surface area (TPSA) is 69.3 Å². The normalized spacial score (nSPS) is 17.6. The van der Waals surface area contributed by atoms with E-state index >= 15 is 0 Å². The van der Waals surface area contributed by atoms with Gasteiger partial charge < -0.3 is 16.0 Å². The molecular formula is C25H37N5O. The summed E-state index contributed by atoms with van der Waals surface area (Å²) in [4.78, 5) is 18.9. The van der Waals surface area contributed by atoms with Gasteiger partial charge in [-0.2, -0.15) is 0 Å². The molecule has 1 aliphatic rings. The van der Waals surface area contributed by atoms with Gasteiger partial charge in [-0.3, -0.25) is 14.7 Å². The summed E-state index contributed by atoms with van der Waals surface area (Å²) in [6.45, 7) is 6.48. The van der Waals surface area contributed by atoms with Gasteiger partial charge in [0, 0.05) is 45.5 Å². The Morgan fingerprint density at radius 1 is 0.871 bits per heavy atom. The Morgan fingerprint density at radius 3 is 2.45 bits per heavy atom. The van der Waals surface area contributed by atoms with Crippen molar-refractivity contribution in [3.05, 3.63) is 65.5 Å². The van der Waals surface area contributed by atoms with Crippen molar-refractivity contribution in [2.45, 2.75) is 51.7 Å². The lowest BCUT2D eigenvalue weighted by molar-refractivity contribution is -0.122. The number of benzene rings is 1. The van der Waals surface area contributed by atoms with Gasteiger partial charge in [-0.1, -0.05) is 49.6 Å². The third-order valence-electron chi connectivity index (χ3n) is 5.62. The molecule has 3 rings (SSSR count). The molecule has 0 unspecified atom stereocenters. The maximum Gasteiger partial charge on any atom is 0.234 e. The minimum Gasteiger partial charge on any atom is -0.355 e. The van der Waals surface area contributed by atoms with Gasteiger partial charge in [-0.25, -0.2) is 0 Å². The van der Waals surface area contributed by atoms with Crippen molar-refractivity contribution in [3.8, 4) is 0 Å². The van der Waals surface area contributed by atoms with Crippen molar-refractivity contribution in [1.82, 2.24) is 25.8 Å². The molecule has 31 heavy (non-hydrogen) atoms. The highest BCUT2D eigenvalue weighted by Crippen LogP contribution is 2.09. The maximum atomic E-state index is 12.4. The van der Waals surface area contributed by atoms with Crippen molar-refractivity contribution >= 4 is 5.91 Å². The van der Waals surface area contributed by atoms with Gasteiger partial charge >= 0.3 is 0 Å². The van der Waals surface area contributed by atoms with E-state index < -0.39 is 0 Å². The number of carbonyl (C=O) groups excluding carboxylic acids is 1. The van der Waals surface area contributed by atoms with E-state index in [0.29, 0.717) is 6.54 Å². The molecule has 3 N–H and O–H groups in total. The molecule has 1 fully saturated rings. The van der Waals surface area contributed by atoms with Gasteiger partial charge in [0.05, 0.1) is 12.2 Å². The van der Waals surface area contributed by atoms with E-state index in [-0.39, 0.29) is 5.91 Å². The summed E-state index contributed by atoms with van der Waals surface area (Å²) in [7, 11) is 0. The van der Waals surface area contributed by atoms with Crippen LogP contribution < -0.4 is 16.0 Å². The largest absolute Gasteiger partial charge is 0.355 e. The summed E-state index contributed by atoms with van der Waals surface area (Å²) < 4.78 is 0. The smallest absolute Gasteiger partial charge is 0.234 e. The first kappa shape index (κ1) is 23.4. The SMILES string of the molecule is O=C1CN(Cc2ccc(CNCc3ccccn3)cc2)CCNCCCCCCCN1. The Balaban J connectivity index is 1.47. The fraction of sp³-hybridized carbons (Fsp3) is 0.520. The lowest BCUT2D eigenvalue weighted by Gasteiger charge is -2.22. The van der Waals surface area contributed by atoms with E-state index in [9.17, 15) is 4.79 Å². The number of hydrogen-bond acceptors (Lipinski definition) is 5. The van der Waals surface area contributed by atoms with E-state index in [4.69, 9.17) is 0 Å². The zero-order valence-corrected chi connectivity index (χ0v) is 18.6. The van der Waals surface area contributed by atoms with Crippen molar-refractivity contribution in [1.29, 1.82) is 0 Å². The van der Waals surface area contributed by atoms with Gasteiger partial charge in [0.15, 0.2) is 0 Å². The molecule has 1 saturated heterocycles. The number of carbonyl (C=O) groups is 1. The van der Waals surface area contributed by atoms with Crippen LogP contribution in [0.1, 0.15) is 48.9 Å². The molecule has 168 valence electrons. The number of amides is 1. The summed E-state index contributed by atoms with van der Waals surface area (Å²) in [5.74, 6) is 0.132. The summed E-state index contributed by atoms with van der Waals surface area (Å²) >= 11 is 0. The average molecular weight is 424 g/mol. The quantitative estimate of drug-likeness (QED) is 0.667. The van der Waals surface area contributed by atoms with Crippen LogP contribution in [0.25, 0.3) is 0 Å². The van der Waals surface area contributed by atoms with Crippen molar-refractivity contribution < 1.29 is 4.79 Å². The monoisotopic (exact) mass is 423 g/mol. The maximum absolute atomic E-state index is 12.4. The predicted molar refractivity (Wildman–Crippen MR) is 125 cm³/mol. The van der Waals surface area contributed by atoms with Crippen molar-refractivity contribution in [2.75, 3.05) is 32.7 Å². The molecule has 2 heterocycles. The van der Waals surface area contributed by atoms with Gasteiger partial charge in [0.1, 0.15) is 0 Å². The number of hydrogen-bond donors (Lipinski definition) is 3. The molecule has 0 bridgehead atoms. The molecule has 0 saturated carbocycles. The molecular weight excluding hydrogens is 386 g/mol. The van der Waals surface area contributed by atoms with Crippen LogP contribution >= 0.6 is 0 Å². The molecule has 1 aromatic carbocycles. The van der Waals surface area contributed by atoms with E-state index in [1.807, 2.05) is 24.4 Å². The van der Waals surface area contributed by atoms with Gasteiger partial charge in [0.2, 0.25) is 5.91 Å². The van der Waals surface area contributed by atoms with Crippen molar-refractivity contribution in [3.63, 3.8) is 0 Å². The average Bonchev–Trinajstić information content (AvgIpc) is 2.79. The molecule has 0 radical (unpaired) electrons. The van der Waals surface area contributed by atoms with Crippen LogP contribution in [-0.2, 0) is 24.4 Å². The molecule has 6 heteroatoms. The number of nitrogens with zero attached hydrogens (tertiary/aromatic N) is 2. The Morgan fingerprint density at radius 2 is 1.65 bits per heavy atom. The number of aromatic nitrogens is 1. The third-order valence-corrected chi connectivity index (χ3v) is 5.62. The lowest BCUT2D eigenvalue weighted by Crippen LogP contribution is -2.40. The Hall–Kier alpha value is -2.28. The highest BCUT2D eigenvalue weighted by Gasteiger charge is 2.11. The first-order valence-corrected chi connectivity index (χ1v) is 11.7. The standard InChI is InChI=1S/C25H37N5O/c31-25-21-30(17-16-26-13-5-2-1-3-6-15-29-25)20-23-11-9-22(10-12-23)18-27-19-24-8-4-7-14-28-24/h4,7-12,14,26-27H,1-3,5-6,13,15-21H2,(H,29,31). The van der Waals surface area contributed by atoms with E-state index in [0.717, 1.165) is 57.9 Å². The van der Waals surface area contributed by atoms with Gasteiger partial charge in [0.25, 0.3) is 0 Å². The van der Waals surface area contributed by atoms with E-state index in [2.05, 4.69) is 50.1 Å². The minimum absolute atomic E-state index is 0.132. The molecule has 0 atom stereocenters. The molecule has 1 aromatic heterocycles. The fourth-order valence-electron chi connectivity index (χ4n) is 3.83. The fourth-order valence-corrected chi connectivity index (χ4v) is 3.83. The second-order valence-corrected chi connectivity index (χ2v) is 8.32. The summed E-state index contributed by atoms with van der Waals surface area (Å²) in [5.41, 5.74) is 3.54. The first-order chi connectivity index (χ1) is 15.3.